The molecular formula is C18H26N3+3. The molecule has 0 aliphatic carbocycles. The van der Waals surface area contributed by atoms with E-state index in [9.17, 15) is 0 Å². The summed E-state index contributed by atoms with van der Waals surface area (Å²) in [7, 11) is 0. The maximum atomic E-state index is 3.18. The van der Waals surface area contributed by atoms with E-state index in [2.05, 4.69) is 54.5 Å². The zero-order chi connectivity index (χ0) is 14.5. The fourth-order valence-corrected chi connectivity index (χ4v) is 3.13. The van der Waals surface area contributed by atoms with Crippen molar-refractivity contribution in [3.05, 3.63) is 65.5 Å². The van der Waals surface area contributed by atoms with Crippen LogP contribution < -0.4 is 14.8 Å². The van der Waals surface area contributed by atoms with Gasteiger partial charge in [-0.1, -0.05) is 29.8 Å². The van der Waals surface area contributed by atoms with Gasteiger partial charge in [0.25, 0.3) is 0 Å². The summed E-state index contributed by atoms with van der Waals surface area (Å²) in [6.07, 6.45) is 4.10. The largest absolute Gasteiger partial charge is 0.322 e. The summed E-state index contributed by atoms with van der Waals surface area (Å²) in [5, 5.41) is 0. The SMILES string of the molecule is Cc1ccc(C[NH+]2CC[NH+](Cc3ccc[nH+]c3)CC2)cc1. The second-order valence-corrected chi connectivity index (χ2v) is 6.25. The summed E-state index contributed by atoms with van der Waals surface area (Å²) in [5.41, 5.74) is 4.23. The van der Waals surface area contributed by atoms with E-state index in [1.54, 1.807) is 9.80 Å². The maximum absolute atomic E-state index is 3.18. The Bertz CT molecular complexity index is 542. The Morgan fingerprint density at radius 3 is 2.05 bits per heavy atom. The number of quaternary nitrogens is 2. The van der Waals surface area contributed by atoms with Crippen molar-refractivity contribution >= 4 is 0 Å². The molecule has 0 bridgehead atoms. The number of benzene rings is 1. The van der Waals surface area contributed by atoms with Crippen molar-refractivity contribution in [3.63, 3.8) is 0 Å². The molecule has 1 aliphatic heterocycles. The molecule has 0 unspecified atom stereocenters. The lowest BCUT2D eigenvalue weighted by molar-refractivity contribution is -1.02. The highest BCUT2D eigenvalue weighted by Gasteiger charge is 2.23. The average molecular weight is 284 g/mol. The lowest BCUT2D eigenvalue weighted by Crippen LogP contribution is -3.27. The second kappa shape index (κ2) is 6.83. The van der Waals surface area contributed by atoms with Gasteiger partial charge in [-0.15, -0.1) is 0 Å². The first-order valence-electron chi connectivity index (χ1n) is 7.97. The van der Waals surface area contributed by atoms with Crippen LogP contribution >= 0.6 is 0 Å². The van der Waals surface area contributed by atoms with Crippen LogP contribution in [0.2, 0.25) is 0 Å². The molecule has 3 nitrogen and oxygen atoms in total. The number of aromatic nitrogens is 1. The Balaban J connectivity index is 1.47. The van der Waals surface area contributed by atoms with Gasteiger partial charge in [-0.25, -0.2) is 4.98 Å². The second-order valence-electron chi connectivity index (χ2n) is 6.25. The molecule has 1 fully saturated rings. The number of hydrogen-bond donors (Lipinski definition) is 2. The van der Waals surface area contributed by atoms with E-state index in [1.807, 2.05) is 6.20 Å². The predicted molar refractivity (Wildman–Crippen MR) is 83.0 cm³/mol. The van der Waals surface area contributed by atoms with E-state index >= 15 is 0 Å². The summed E-state index contributed by atoms with van der Waals surface area (Å²) in [6, 6.07) is 13.3. The summed E-state index contributed by atoms with van der Waals surface area (Å²) in [6.45, 7) is 9.58. The van der Waals surface area contributed by atoms with Gasteiger partial charge in [-0.05, 0) is 13.0 Å². The normalized spacial score (nSPS) is 22.1. The van der Waals surface area contributed by atoms with Gasteiger partial charge in [0.15, 0.2) is 12.4 Å². The van der Waals surface area contributed by atoms with Crippen LogP contribution in [0.1, 0.15) is 16.7 Å². The molecule has 0 atom stereocenters. The van der Waals surface area contributed by atoms with Gasteiger partial charge in [0.2, 0.25) is 0 Å². The Morgan fingerprint density at radius 2 is 1.48 bits per heavy atom. The molecule has 0 radical (unpaired) electrons. The maximum Gasteiger partial charge on any atom is 0.175 e. The highest BCUT2D eigenvalue weighted by Crippen LogP contribution is 2.01. The van der Waals surface area contributed by atoms with E-state index in [0.29, 0.717) is 0 Å². The van der Waals surface area contributed by atoms with Gasteiger partial charge in [0.1, 0.15) is 39.3 Å². The molecule has 110 valence electrons. The lowest BCUT2D eigenvalue weighted by atomic mass is 10.1. The third kappa shape index (κ3) is 4.13. The van der Waals surface area contributed by atoms with Crippen LogP contribution in [0.15, 0.2) is 48.8 Å². The highest BCUT2D eigenvalue weighted by molar-refractivity contribution is 5.20. The minimum atomic E-state index is 1.15. The Morgan fingerprint density at radius 1 is 0.857 bits per heavy atom. The first kappa shape index (κ1) is 14.2. The van der Waals surface area contributed by atoms with Crippen LogP contribution in [0.5, 0.6) is 0 Å². The number of rotatable bonds is 4. The zero-order valence-electron chi connectivity index (χ0n) is 12.9. The van der Waals surface area contributed by atoms with Gasteiger partial charge >= 0.3 is 0 Å². The molecule has 3 N–H and O–H groups in total. The minimum absolute atomic E-state index is 1.15. The van der Waals surface area contributed by atoms with Crippen LogP contribution in [-0.4, -0.2) is 26.2 Å². The van der Waals surface area contributed by atoms with Crippen molar-refractivity contribution in [2.75, 3.05) is 26.2 Å². The van der Waals surface area contributed by atoms with E-state index in [4.69, 9.17) is 0 Å². The van der Waals surface area contributed by atoms with E-state index < -0.39 is 0 Å². The third-order valence-corrected chi connectivity index (χ3v) is 4.46. The molecule has 1 aromatic heterocycles. The summed E-state index contributed by atoms with van der Waals surface area (Å²) >= 11 is 0. The van der Waals surface area contributed by atoms with Crippen LogP contribution in [0.4, 0.5) is 0 Å². The smallest absolute Gasteiger partial charge is 0.175 e. The third-order valence-electron chi connectivity index (χ3n) is 4.46. The van der Waals surface area contributed by atoms with Crippen LogP contribution in [-0.2, 0) is 13.1 Å². The number of hydrogen-bond acceptors (Lipinski definition) is 0. The molecule has 0 amide bonds. The average Bonchev–Trinajstić information content (AvgIpc) is 2.53. The summed E-state index contributed by atoms with van der Waals surface area (Å²) in [4.78, 5) is 6.61. The van der Waals surface area contributed by atoms with Crippen molar-refractivity contribution in [3.8, 4) is 0 Å². The molecule has 3 rings (SSSR count). The zero-order valence-corrected chi connectivity index (χ0v) is 12.9. The van der Waals surface area contributed by atoms with Crippen LogP contribution in [0, 0.1) is 6.92 Å². The number of piperazine rings is 1. The lowest BCUT2D eigenvalue weighted by Gasteiger charge is -2.29. The Labute approximate surface area is 127 Å². The van der Waals surface area contributed by atoms with E-state index in [1.165, 1.54) is 49.4 Å². The Hall–Kier alpha value is -1.71. The first-order chi connectivity index (χ1) is 10.3. The number of H-pyrrole nitrogens is 1. The van der Waals surface area contributed by atoms with Crippen molar-refractivity contribution in [1.82, 2.24) is 0 Å². The van der Waals surface area contributed by atoms with Gasteiger partial charge in [0.05, 0.1) is 5.56 Å². The van der Waals surface area contributed by atoms with Crippen LogP contribution in [0.25, 0.3) is 0 Å². The van der Waals surface area contributed by atoms with Gasteiger partial charge in [-0.3, -0.25) is 0 Å². The van der Waals surface area contributed by atoms with Gasteiger partial charge in [0, 0.05) is 11.6 Å². The summed E-state index contributed by atoms with van der Waals surface area (Å²) in [5.74, 6) is 0. The topological polar surface area (TPSA) is 23.0 Å². The van der Waals surface area contributed by atoms with E-state index in [-0.39, 0.29) is 0 Å². The minimum Gasteiger partial charge on any atom is -0.322 e. The van der Waals surface area contributed by atoms with Gasteiger partial charge < -0.3 is 9.80 Å². The predicted octanol–water partition coefficient (Wildman–Crippen LogP) is -0.707. The molecule has 0 spiro atoms. The number of aryl methyl sites for hydroxylation is 1. The standard InChI is InChI=1S/C18H23N3/c1-16-4-6-17(7-5-16)14-20-9-11-21(12-10-20)15-18-3-2-8-19-13-18/h2-8,13H,9-12,14-15H2,1H3/p+3. The Kier molecular flexibility index (Phi) is 4.63. The van der Waals surface area contributed by atoms with Crippen molar-refractivity contribution in [1.29, 1.82) is 0 Å². The monoisotopic (exact) mass is 284 g/mol. The molecule has 2 heterocycles. The van der Waals surface area contributed by atoms with Crippen LogP contribution in [0.3, 0.4) is 0 Å². The first-order valence-corrected chi connectivity index (χ1v) is 7.97. The fraction of sp³-hybridized carbons (Fsp3) is 0.389. The molecular weight excluding hydrogens is 258 g/mol. The quantitative estimate of drug-likeness (QED) is 0.741. The number of aromatic amines is 1. The summed E-state index contributed by atoms with van der Waals surface area (Å²) < 4.78 is 0. The van der Waals surface area contributed by atoms with Crippen molar-refractivity contribution < 1.29 is 14.8 Å². The van der Waals surface area contributed by atoms with Gasteiger partial charge in [-0.2, -0.15) is 0 Å². The number of nitrogens with one attached hydrogen (secondary N) is 3. The van der Waals surface area contributed by atoms with E-state index in [0.717, 1.165) is 6.54 Å². The van der Waals surface area contributed by atoms with Crippen molar-refractivity contribution in [2.45, 2.75) is 20.0 Å². The van der Waals surface area contributed by atoms with Crippen molar-refractivity contribution in [2.24, 2.45) is 0 Å². The molecule has 0 saturated carbocycles. The molecule has 2 aromatic rings. The molecule has 21 heavy (non-hydrogen) atoms. The molecule has 1 aromatic carbocycles. The molecule has 1 saturated heterocycles. The highest BCUT2D eigenvalue weighted by atomic mass is 15.3. The molecule has 3 heteroatoms. The fourth-order valence-electron chi connectivity index (χ4n) is 3.13. The number of pyridine rings is 1. The molecule has 1 aliphatic rings.